The highest BCUT2D eigenvalue weighted by molar-refractivity contribution is 5.85. The first-order valence-electron chi connectivity index (χ1n) is 14.2. The van der Waals surface area contributed by atoms with E-state index in [0.717, 1.165) is 23.2 Å². The third kappa shape index (κ3) is 4.98. The van der Waals surface area contributed by atoms with Gasteiger partial charge < -0.3 is 14.8 Å². The monoisotopic (exact) mass is 536 g/mol. The van der Waals surface area contributed by atoms with Crippen molar-refractivity contribution in [1.82, 2.24) is 0 Å². The molecule has 2 aliphatic rings. The van der Waals surface area contributed by atoms with Crippen LogP contribution in [-0.4, -0.2) is 13.3 Å². The van der Waals surface area contributed by atoms with Gasteiger partial charge in [-0.05, 0) is 81.8 Å². The van der Waals surface area contributed by atoms with Gasteiger partial charge in [0, 0.05) is 17.8 Å². The number of ether oxygens (including phenoxy) is 2. The fourth-order valence-corrected chi connectivity index (χ4v) is 6.25. The zero-order chi connectivity index (χ0) is 27.6. The molecule has 0 spiro atoms. The molecule has 0 saturated heterocycles. The number of hydrogen-bond donors (Lipinski definition) is 1. The van der Waals surface area contributed by atoms with Gasteiger partial charge in [0.25, 0.3) is 0 Å². The maximum Gasteiger partial charge on any atom is 0.161 e. The second kappa shape index (κ2) is 11.0. The molecule has 202 valence electrons. The molecule has 5 aromatic carbocycles. The van der Waals surface area contributed by atoms with Gasteiger partial charge in [-0.25, -0.2) is 0 Å². The Morgan fingerprint density at radius 3 is 2.59 bits per heavy atom. The number of hydrogen-bond acceptors (Lipinski definition) is 4. The summed E-state index contributed by atoms with van der Waals surface area (Å²) in [5.74, 6) is 2.41. The minimum Gasteiger partial charge on any atom is -0.493 e. The molecule has 1 aliphatic carbocycles. The summed E-state index contributed by atoms with van der Waals surface area (Å²) in [6.45, 7) is 0.469. The number of nitrogens with one attached hydrogen (secondary N) is 1. The summed E-state index contributed by atoms with van der Waals surface area (Å²) in [7, 11) is 1.67. The number of fused-ring (bicyclic) bond motifs is 4. The molecule has 0 amide bonds. The van der Waals surface area contributed by atoms with Crippen molar-refractivity contribution in [3.8, 4) is 11.5 Å². The molecule has 3 atom stereocenters. The Balaban J connectivity index is 1.04. The first-order chi connectivity index (χ1) is 20.3. The van der Waals surface area contributed by atoms with Crippen molar-refractivity contribution in [2.45, 2.75) is 25.0 Å². The van der Waals surface area contributed by atoms with Crippen LogP contribution in [0.3, 0.4) is 0 Å². The second-order valence-electron chi connectivity index (χ2n) is 10.7. The lowest BCUT2D eigenvalue weighted by Crippen LogP contribution is -2.28. The van der Waals surface area contributed by atoms with Crippen molar-refractivity contribution in [3.63, 3.8) is 0 Å². The predicted octanol–water partition coefficient (Wildman–Crippen LogP) is 9.00. The van der Waals surface area contributed by atoms with Crippen LogP contribution in [0.4, 0.5) is 11.4 Å². The van der Waals surface area contributed by atoms with Crippen LogP contribution in [0.1, 0.15) is 40.6 Å². The first kappa shape index (κ1) is 25.2. The average molecular weight is 537 g/mol. The Kier molecular flexibility index (Phi) is 6.73. The lowest BCUT2D eigenvalue weighted by atomic mass is 9.77. The summed E-state index contributed by atoms with van der Waals surface area (Å²) in [4.78, 5) is 4.74. The van der Waals surface area contributed by atoms with Crippen molar-refractivity contribution in [1.29, 1.82) is 0 Å². The summed E-state index contributed by atoms with van der Waals surface area (Å²) < 4.78 is 11.8. The molecule has 41 heavy (non-hydrogen) atoms. The molecule has 0 radical (unpaired) electrons. The molecule has 4 nitrogen and oxygen atoms in total. The Bertz CT molecular complexity index is 1750. The van der Waals surface area contributed by atoms with E-state index in [0.29, 0.717) is 29.9 Å². The van der Waals surface area contributed by atoms with Gasteiger partial charge in [-0.1, -0.05) is 84.9 Å². The number of methoxy groups -OCH3 is 1. The topological polar surface area (TPSA) is 42.8 Å². The molecule has 0 saturated carbocycles. The summed E-state index contributed by atoms with van der Waals surface area (Å²) >= 11 is 0. The van der Waals surface area contributed by atoms with Gasteiger partial charge in [0.1, 0.15) is 6.61 Å². The van der Waals surface area contributed by atoms with Crippen LogP contribution in [0.2, 0.25) is 0 Å². The molecule has 0 bridgehead atoms. The van der Waals surface area contributed by atoms with E-state index in [4.69, 9.17) is 14.5 Å². The fraction of sp³-hybridized carbons (Fsp3) is 0.162. The fourth-order valence-electron chi connectivity index (χ4n) is 6.25. The Labute approximate surface area is 241 Å². The van der Waals surface area contributed by atoms with E-state index in [9.17, 15) is 0 Å². The summed E-state index contributed by atoms with van der Waals surface area (Å²) in [5.41, 5.74) is 6.96. The summed E-state index contributed by atoms with van der Waals surface area (Å²) in [5, 5.41) is 6.22. The van der Waals surface area contributed by atoms with Crippen molar-refractivity contribution < 1.29 is 9.47 Å². The van der Waals surface area contributed by atoms with Gasteiger partial charge in [0.15, 0.2) is 11.5 Å². The van der Waals surface area contributed by atoms with Crippen molar-refractivity contribution in [3.05, 3.63) is 144 Å². The molecule has 4 heteroatoms. The summed E-state index contributed by atoms with van der Waals surface area (Å²) in [6, 6.07) is 38.2. The van der Waals surface area contributed by atoms with Crippen molar-refractivity contribution in [2.24, 2.45) is 10.9 Å². The van der Waals surface area contributed by atoms with Gasteiger partial charge in [-0.15, -0.1) is 0 Å². The molecule has 5 aromatic rings. The number of allylic oxidation sites excluding steroid dienone is 2. The quantitative estimate of drug-likeness (QED) is 0.167. The lowest BCUT2D eigenvalue weighted by molar-refractivity contribution is 0.285. The molecule has 7 rings (SSSR count). The molecule has 1 N–H and O–H groups in total. The van der Waals surface area contributed by atoms with E-state index in [1.807, 2.05) is 24.4 Å². The predicted molar refractivity (Wildman–Crippen MR) is 168 cm³/mol. The van der Waals surface area contributed by atoms with Crippen LogP contribution in [0, 0.1) is 5.92 Å². The highest BCUT2D eigenvalue weighted by Gasteiger charge is 2.37. The highest BCUT2D eigenvalue weighted by atomic mass is 16.5. The minimum absolute atomic E-state index is 0.286. The minimum atomic E-state index is 0.286. The van der Waals surface area contributed by atoms with Crippen LogP contribution in [-0.2, 0) is 6.61 Å². The summed E-state index contributed by atoms with van der Waals surface area (Å²) in [6.07, 6.45) is 7.68. The number of benzene rings is 5. The normalized spacial score (nSPS) is 19.1. The number of aliphatic imine (C=N–C) groups is 1. The second-order valence-corrected chi connectivity index (χ2v) is 10.7. The van der Waals surface area contributed by atoms with Crippen LogP contribution in [0.15, 0.2) is 126 Å². The molecule has 1 heterocycles. The van der Waals surface area contributed by atoms with Crippen molar-refractivity contribution in [2.75, 3.05) is 12.4 Å². The molecule has 1 aliphatic heterocycles. The maximum atomic E-state index is 6.18. The van der Waals surface area contributed by atoms with Gasteiger partial charge in [-0.2, -0.15) is 0 Å². The van der Waals surface area contributed by atoms with Crippen LogP contribution in [0.25, 0.3) is 10.8 Å². The van der Waals surface area contributed by atoms with Gasteiger partial charge in [0.2, 0.25) is 0 Å². The van der Waals surface area contributed by atoms with E-state index < -0.39 is 0 Å². The van der Waals surface area contributed by atoms with Crippen molar-refractivity contribution >= 4 is 28.4 Å². The third-order valence-electron chi connectivity index (χ3n) is 8.34. The number of rotatable bonds is 7. The molecule has 0 aromatic heterocycles. The van der Waals surface area contributed by atoms with Gasteiger partial charge in [0.05, 0.1) is 18.8 Å². The van der Waals surface area contributed by atoms with E-state index in [2.05, 4.69) is 108 Å². The van der Waals surface area contributed by atoms with Gasteiger partial charge in [-0.3, -0.25) is 4.99 Å². The van der Waals surface area contributed by atoms with E-state index in [1.165, 1.54) is 27.6 Å². The third-order valence-corrected chi connectivity index (χ3v) is 8.34. The Morgan fingerprint density at radius 2 is 1.68 bits per heavy atom. The largest absolute Gasteiger partial charge is 0.493 e. The highest BCUT2D eigenvalue weighted by Crippen LogP contribution is 2.49. The van der Waals surface area contributed by atoms with E-state index >= 15 is 0 Å². The smallest absolute Gasteiger partial charge is 0.161 e. The molecular formula is C37H32N2O2. The maximum absolute atomic E-state index is 6.18. The zero-order valence-corrected chi connectivity index (χ0v) is 23.0. The Morgan fingerprint density at radius 1 is 0.854 bits per heavy atom. The van der Waals surface area contributed by atoms with E-state index in [-0.39, 0.29) is 6.04 Å². The average Bonchev–Trinajstić information content (AvgIpc) is 3.53. The SMILES string of the molecule is COc1cc(C=Nc2ccc([C@@H]3Nc4ccccc4[C@H]4C=CC[C@H]43)cc2)ccc1OCc1cccc2ccccc12. The van der Waals surface area contributed by atoms with Crippen LogP contribution >= 0.6 is 0 Å². The first-order valence-corrected chi connectivity index (χ1v) is 14.2. The molecule has 0 fully saturated rings. The standard InChI is InChI=1S/C37H32N2O2/c1-40-36-22-25(16-21-35(36)41-24-28-10-6-9-26-8-2-3-11-30(26)28)23-38-29-19-17-27(18-20-29)37-33-14-7-13-31(33)32-12-4-5-15-34(32)39-37/h2-13,15-23,31,33,37,39H,14,24H2,1H3/t31-,33-,37+/m1/s1. The zero-order valence-electron chi connectivity index (χ0n) is 23.0. The number of anilines is 1. The van der Waals surface area contributed by atoms with E-state index in [1.54, 1.807) is 7.11 Å². The number of nitrogens with zero attached hydrogens (tertiary/aromatic N) is 1. The Hall–Kier alpha value is -4.83. The van der Waals surface area contributed by atoms with Crippen LogP contribution < -0.4 is 14.8 Å². The van der Waals surface area contributed by atoms with Crippen LogP contribution in [0.5, 0.6) is 11.5 Å². The molecule has 0 unspecified atom stereocenters. The number of para-hydroxylation sites is 1. The molecular weight excluding hydrogens is 504 g/mol. The lowest BCUT2D eigenvalue weighted by Gasteiger charge is -2.37. The van der Waals surface area contributed by atoms with Gasteiger partial charge >= 0.3 is 0 Å².